The van der Waals surface area contributed by atoms with Gasteiger partial charge in [-0.2, -0.15) is 0 Å². The standard InChI is InChI=1S/C22H23ClN2O3S/c1-14(16-8-5-7-11-20(16)27-3)24-21(26)13-29-12-19-15(2)28-22(25-19)17-9-4-6-10-18(17)23/h4-11,14H,12-13H2,1-3H3,(H,24,26). The minimum absolute atomic E-state index is 0.0409. The van der Waals surface area contributed by atoms with Crippen molar-refractivity contribution in [3.8, 4) is 17.2 Å². The van der Waals surface area contributed by atoms with Crippen LogP contribution in [0.4, 0.5) is 0 Å². The number of thioether (sulfide) groups is 1. The lowest BCUT2D eigenvalue weighted by Gasteiger charge is -2.17. The largest absolute Gasteiger partial charge is 0.496 e. The smallest absolute Gasteiger partial charge is 0.230 e. The van der Waals surface area contributed by atoms with Crippen LogP contribution in [0.5, 0.6) is 5.75 Å². The zero-order valence-corrected chi connectivity index (χ0v) is 18.1. The third-order valence-electron chi connectivity index (χ3n) is 4.45. The quantitative estimate of drug-likeness (QED) is 0.516. The topological polar surface area (TPSA) is 64.4 Å². The Labute approximate surface area is 179 Å². The number of rotatable bonds is 8. The van der Waals surface area contributed by atoms with Crippen LogP contribution < -0.4 is 10.1 Å². The molecule has 1 aromatic heterocycles. The number of oxazole rings is 1. The van der Waals surface area contributed by atoms with Crippen molar-refractivity contribution in [2.24, 2.45) is 0 Å². The van der Waals surface area contributed by atoms with Crippen LogP contribution in [-0.4, -0.2) is 23.8 Å². The Morgan fingerprint density at radius 1 is 1.24 bits per heavy atom. The zero-order valence-electron chi connectivity index (χ0n) is 16.6. The summed E-state index contributed by atoms with van der Waals surface area (Å²) >= 11 is 7.71. The van der Waals surface area contributed by atoms with Gasteiger partial charge in [0.1, 0.15) is 11.5 Å². The van der Waals surface area contributed by atoms with Gasteiger partial charge in [0.05, 0.1) is 35.2 Å². The highest BCUT2D eigenvalue weighted by Gasteiger charge is 2.16. The number of benzene rings is 2. The van der Waals surface area contributed by atoms with Gasteiger partial charge in [-0.3, -0.25) is 4.79 Å². The minimum atomic E-state index is -0.139. The first-order valence-electron chi connectivity index (χ1n) is 9.20. The van der Waals surface area contributed by atoms with Crippen molar-refractivity contribution >= 4 is 29.3 Å². The first-order valence-corrected chi connectivity index (χ1v) is 10.7. The molecule has 0 spiro atoms. The zero-order chi connectivity index (χ0) is 20.8. The molecule has 0 saturated heterocycles. The van der Waals surface area contributed by atoms with Crippen LogP contribution in [0.2, 0.25) is 5.02 Å². The number of carbonyl (C=O) groups is 1. The van der Waals surface area contributed by atoms with E-state index in [0.717, 1.165) is 28.3 Å². The fourth-order valence-corrected chi connectivity index (χ4v) is 3.99. The van der Waals surface area contributed by atoms with Gasteiger partial charge in [-0.15, -0.1) is 11.8 Å². The van der Waals surface area contributed by atoms with Crippen molar-refractivity contribution in [2.45, 2.75) is 25.6 Å². The number of hydrogen-bond donors (Lipinski definition) is 1. The van der Waals surface area contributed by atoms with E-state index in [1.165, 1.54) is 11.8 Å². The van der Waals surface area contributed by atoms with Crippen molar-refractivity contribution in [1.82, 2.24) is 10.3 Å². The highest BCUT2D eigenvalue weighted by molar-refractivity contribution is 7.99. The van der Waals surface area contributed by atoms with Crippen molar-refractivity contribution < 1.29 is 13.9 Å². The number of halogens is 1. The van der Waals surface area contributed by atoms with E-state index in [2.05, 4.69) is 10.3 Å². The number of aromatic nitrogens is 1. The molecule has 0 fully saturated rings. The van der Waals surface area contributed by atoms with Crippen molar-refractivity contribution in [2.75, 3.05) is 12.9 Å². The van der Waals surface area contributed by atoms with Gasteiger partial charge in [0.25, 0.3) is 0 Å². The Kier molecular flexibility index (Phi) is 7.23. The second-order valence-corrected chi connectivity index (χ2v) is 7.92. The van der Waals surface area contributed by atoms with E-state index in [4.69, 9.17) is 20.8 Å². The number of nitrogens with one attached hydrogen (secondary N) is 1. The summed E-state index contributed by atoms with van der Waals surface area (Å²) < 4.78 is 11.1. The summed E-state index contributed by atoms with van der Waals surface area (Å²) in [6.45, 7) is 3.81. The van der Waals surface area contributed by atoms with E-state index in [0.29, 0.717) is 22.4 Å². The van der Waals surface area contributed by atoms with Gasteiger partial charge < -0.3 is 14.5 Å². The molecule has 0 aliphatic heterocycles. The second-order valence-electron chi connectivity index (χ2n) is 6.53. The molecule has 1 amide bonds. The van der Waals surface area contributed by atoms with Crippen LogP contribution in [0.15, 0.2) is 52.9 Å². The molecule has 1 unspecified atom stereocenters. The van der Waals surface area contributed by atoms with Gasteiger partial charge in [0.15, 0.2) is 0 Å². The number of aryl methyl sites for hydroxylation is 1. The molecule has 1 N–H and O–H groups in total. The number of amides is 1. The van der Waals surface area contributed by atoms with Crippen LogP contribution in [0.1, 0.15) is 30.0 Å². The van der Waals surface area contributed by atoms with Crippen molar-refractivity contribution in [3.05, 3.63) is 70.6 Å². The monoisotopic (exact) mass is 430 g/mol. The lowest BCUT2D eigenvalue weighted by molar-refractivity contribution is -0.119. The molecule has 0 aliphatic rings. The van der Waals surface area contributed by atoms with Gasteiger partial charge in [-0.25, -0.2) is 4.98 Å². The second kappa shape index (κ2) is 9.85. The van der Waals surface area contributed by atoms with E-state index >= 15 is 0 Å². The molecular weight excluding hydrogens is 408 g/mol. The maximum atomic E-state index is 12.3. The van der Waals surface area contributed by atoms with E-state index in [9.17, 15) is 4.79 Å². The molecule has 7 heteroatoms. The average Bonchev–Trinajstić information content (AvgIpc) is 3.08. The van der Waals surface area contributed by atoms with Gasteiger partial charge in [0.2, 0.25) is 11.8 Å². The Morgan fingerprint density at radius 2 is 1.97 bits per heavy atom. The Hall–Kier alpha value is -2.44. The molecule has 152 valence electrons. The molecule has 0 radical (unpaired) electrons. The van der Waals surface area contributed by atoms with Gasteiger partial charge in [-0.1, -0.05) is 41.9 Å². The van der Waals surface area contributed by atoms with E-state index in [1.807, 2.05) is 56.3 Å². The lowest BCUT2D eigenvalue weighted by atomic mass is 10.1. The molecule has 0 aliphatic carbocycles. The maximum Gasteiger partial charge on any atom is 0.230 e. The number of hydrogen-bond acceptors (Lipinski definition) is 5. The summed E-state index contributed by atoms with van der Waals surface area (Å²) in [6, 6.07) is 15.0. The molecule has 5 nitrogen and oxygen atoms in total. The number of methoxy groups -OCH3 is 1. The van der Waals surface area contributed by atoms with Gasteiger partial charge in [-0.05, 0) is 32.0 Å². The molecular formula is C22H23ClN2O3S. The number of carbonyl (C=O) groups excluding carboxylic acids is 1. The third-order valence-corrected chi connectivity index (χ3v) is 5.73. The van der Waals surface area contributed by atoms with E-state index < -0.39 is 0 Å². The lowest BCUT2D eigenvalue weighted by Crippen LogP contribution is -2.28. The molecule has 3 aromatic rings. The molecule has 1 heterocycles. The fourth-order valence-electron chi connectivity index (χ4n) is 2.94. The molecule has 3 rings (SSSR count). The highest BCUT2D eigenvalue weighted by atomic mass is 35.5. The molecule has 1 atom stereocenters. The predicted octanol–water partition coefficient (Wildman–Crippen LogP) is 5.42. The van der Waals surface area contributed by atoms with Crippen LogP contribution >= 0.6 is 23.4 Å². The minimum Gasteiger partial charge on any atom is -0.496 e. The predicted molar refractivity (Wildman–Crippen MR) is 117 cm³/mol. The van der Waals surface area contributed by atoms with Crippen LogP contribution in [0.3, 0.4) is 0 Å². The van der Waals surface area contributed by atoms with Crippen LogP contribution in [0.25, 0.3) is 11.5 Å². The molecule has 2 aromatic carbocycles. The SMILES string of the molecule is COc1ccccc1C(C)NC(=O)CSCc1nc(-c2ccccc2Cl)oc1C. The van der Waals surface area contributed by atoms with E-state index in [1.54, 1.807) is 13.2 Å². The van der Waals surface area contributed by atoms with Crippen molar-refractivity contribution in [1.29, 1.82) is 0 Å². The highest BCUT2D eigenvalue weighted by Crippen LogP contribution is 2.29. The Morgan fingerprint density at radius 3 is 2.72 bits per heavy atom. The first kappa shape index (κ1) is 21.3. The Bertz CT molecular complexity index is 990. The number of ether oxygens (including phenoxy) is 1. The van der Waals surface area contributed by atoms with Crippen LogP contribution in [0, 0.1) is 6.92 Å². The fraction of sp³-hybridized carbons (Fsp3) is 0.273. The number of nitrogens with zero attached hydrogens (tertiary/aromatic N) is 1. The summed E-state index contributed by atoms with van der Waals surface area (Å²) in [5, 5.41) is 3.60. The van der Waals surface area contributed by atoms with Gasteiger partial charge in [0, 0.05) is 11.3 Å². The van der Waals surface area contributed by atoms with Crippen LogP contribution in [-0.2, 0) is 10.5 Å². The maximum absolute atomic E-state index is 12.3. The summed E-state index contributed by atoms with van der Waals surface area (Å²) in [4.78, 5) is 16.9. The number of para-hydroxylation sites is 1. The first-order chi connectivity index (χ1) is 14.0. The Balaban J connectivity index is 1.55. The summed E-state index contributed by atoms with van der Waals surface area (Å²) in [6.07, 6.45) is 0. The summed E-state index contributed by atoms with van der Waals surface area (Å²) in [5.41, 5.74) is 2.53. The van der Waals surface area contributed by atoms with Crippen molar-refractivity contribution in [3.63, 3.8) is 0 Å². The third kappa shape index (κ3) is 5.34. The van der Waals surface area contributed by atoms with E-state index in [-0.39, 0.29) is 11.9 Å². The molecule has 0 bridgehead atoms. The summed E-state index contributed by atoms with van der Waals surface area (Å²) in [7, 11) is 1.63. The molecule has 0 saturated carbocycles. The molecule has 29 heavy (non-hydrogen) atoms. The summed E-state index contributed by atoms with van der Waals surface area (Å²) in [5.74, 6) is 2.86. The normalized spacial score (nSPS) is 11.9. The average molecular weight is 431 g/mol. The van der Waals surface area contributed by atoms with Gasteiger partial charge >= 0.3 is 0 Å².